The monoisotopic (exact) mass is 353 g/mol. The maximum atomic E-state index is 8.33. The zero-order valence-electron chi connectivity index (χ0n) is 13.4. The fourth-order valence-electron chi connectivity index (χ4n) is 2.70. The van der Waals surface area contributed by atoms with Crippen molar-refractivity contribution >= 4 is 28.1 Å². The van der Waals surface area contributed by atoms with Crippen LogP contribution in [-0.4, -0.2) is 21.9 Å². The normalized spacial score (nSPS) is 11.2. The predicted octanol–water partition coefficient (Wildman–Crippen LogP) is 4.23. The number of rotatable bonds is 5. The molecule has 0 atom stereocenters. The summed E-state index contributed by atoms with van der Waals surface area (Å²) in [5.41, 5.74) is 2.35. The van der Waals surface area contributed by atoms with Gasteiger partial charge in [-0.15, -0.1) is 11.6 Å². The zero-order valence-corrected chi connectivity index (χ0v) is 14.2. The number of ether oxygens (including phenoxy) is 1. The highest BCUT2D eigenvalue weighted by Crippen LogP contribution is 2.24. The van der Waals surface area contributed by atoms with E-state index in [-0.39, 0.29) is 0 Å². The van der Waals surface area contributed by atoms with Gasteiger partial charge in [0.25, 0.3) is 0 Å². The molecule has 0 saturated carbocycles. The average Bonchev–Trinajstić information content (AvgIpc) is 3.10. The van der Waals surface area contributed by atoms with Gasteiger partial charge in [-0.25, -0.2) is 4.98 Å². The minimum atomic E-state index is 0.371. The van der Waals surface area contributed by atoms with Crippen molar-refractivity contribution < 1.29 is 9.15 Å². The van der Waals surface area contributed by atoms with Crippen LogP contribution in [0.5, 0.6) is 5.75 Å². The van der Waals surface area contributed by atoms with Gasteiger partial charge in [-0.3, -0.25) is 5.41 Å². The Kier molecular flexibility index (Phi) is 4.15. The van der Waals surface area contributed by atoms with Crippen molar-refractivity contribution in [2.75, 3.05) is 12.5 Å². The number of nitrogens with one attached hydrogen (secondary N) is 1. The van der Waals surface area contributed by atoms with Gasteiger partial charge in [0.05, 0.1) is 18.3 Å². The van der Waals surface area contributed by atoms with E-state index in [0.29, 0.717) is 46.0 Å². The van der Waals surface area contributed by atoms with E-state index >= 15 is 0 Å². The number of benzene rings is 1. The Morgan fingerprint density at radius 2 is 2.12 bits per heavy atom. The molecule has 0 spiro atoms. The van der Waals surface area contributed by atoms with Gasteiger partial charge < -0.3 is 13.6 Å². The first-order valence-electron chi connectivity index (χ1n) is 7.99. The molecule has 0 radical (unpaired) electrons. The number of hydrogen-bond donors (Lipinski definition) is 1. The van der Waals surface area contributed by atoms with Gasteiger partial charge in [0, 0.05) is 29.0 Å². The topological polar surface area (TPSA) is 63.5 Å². The molecule has 25 heavy (non-hydrogen) atoms. The van der Waals surface area contributed by atoms with E-state index in [1.54, 1.807) is 12.4 Å². The van der Waals surface area contributed by atoms with Crippen molar-refractivity contribution in [3.8, 4) is 17.2 Å². The number of halogens is 1. The molecule has 0 fully saturated rings. The lowest BCUT2D eigenvalue weighted by Gasteiger charge is -2.08. The van der Waals surface area contributed by atoms with E-state index in [4.69, 9.17) is 26.2 Å². The summed E-state index contributed by atoms with van der Waals surface area (Å²) in [5.74, 6) is 1.84. The minimum Gasteiger partial charge on any atom is -0.494 e. The standard InChI is InChI=1S/C19H16ClN3O2/c20-6-2-8-24-14-4-5-18-15(10-14)16(21)11-19(25-18)17-9-13-3-1-7-23(13)12-22-17/h1,3-5,7,9-12,21H,2,6,8H2. The van der Waals surface area contributed by atoms with Crippen LogP contribution in [0.1, 0.15) is 6.42 Å². The second kappa shape index (κ2) is 6.61. The van der Waals surface area contributed by atoms with Crippen LogP contribution in [0.2, 0.25) is 0 Å². The first-order valence-corrected chi connectivity index (χ1v) is 8.52. The van der Waals surface area contributed by atoms with Crippen LogP contribution >= 0.6 is 11.6 Å². The van der Waals surface area contributed by atoms with E-state index in [0.717, 1.165) is 11.9 Å². The molecule has 0 aliphatic heterocycles. The van der Waals surface area contributed by atoms with Gasteiger partial charge in [-0.05, 0) is 42.8 Å². The number of aromatic nitrogens is 2. The van der Waals surface area contributed by atoms with Gasteiger partial charge in [-0.1, -0.05) is 0 Å². The summed E-state index contributed by atoms with van der Waals surface area (Å²) in [4.78, 5) is 4.41. The fraction of sp³-hybridized carbons (Fsp3) is 0.158. The molecule has 0 aliphatic carbocycles. The number of fused-ring (bicyclic) bond motifs is 2. The molecule has 126 valence electrons. The maximum Gasteiger partial charge on any atom is 0.155 e. The van der Waals surface area contributed by atoms with Gasteiger partial charge in [0.2, 0.25) is 0 Å². The smallest absolute Gasteiger partial charge is 0.155 e. The Hall–Kier alpha value is -2.79. The van der Waals surface area contributed by atoms with Crippen molar-refractivity contribution in [1.82, 2.24) is 9.38 Å². The molecule has 1 N–H and O–H groups in total. The summed E-state index contributed by atoms with van der Waals surface area (Å²) in [6, 6.07) is 13.1. The van der Waals surface area contributed by atoms with Crippen molar-refractivity contribution in [2.24, 2.45) is 0 Å². The number of alkyl halides is 1. The van der Waals surface area contributed by atoms with Gasteiger partial charge in [0.15, 0.2) is 5.76 Å². The second-order valence-electron chi connectivity index (χ2n) is 5.69. The lowest BCUT2D eigenvalue weighted by atomic mass is 10.2. The van der Waals surface area contributed by atoms with Crippen LogP contribution in [0.25, 0.3) is 27.9 Å². The van der Waals surface area contributed by atoms with E-state index in [9.17, 15) is 0 Å². The van der Waals surface area contributed by atoms with Gasteiger partial charge >= 0.3 is 0 Å². The Morgan fingerprint density at radius 3 is 3.00 bits per heavy atom. The third-order valence-electron chi connectivity index (χ3n) is 3.95. The highest BCUT2D eigenvalue weighted by atomic mass is 35.5. The highest BCUT2D eigenvalue weighted by Gasteiger charge is 2.08. The third kappa shape index (κ3) is 3.10. The lowest BCUT2D eigenvalue weighted by molar-refractivity contribution is 0.318. The van der Waals surface area contributed by atoms with E-state index in [1.807, 2.05) is 47.0 Å². The molecule has 6 heteroatoms. The first-order chi connectivity index (χ1) is 12.2. The van der Waals surface area contributed by atoms with Crippen LogP contribution in [0.4, 0.5) is 0 Å². The fourth-order valence-corrected chi connectivity index (χ4v) is 2.81. The molecular weight excluding hydrogens is 338 g/mol. The zero-order chi connectivity index (χ0) is 17.2. The maximum absolute atomic E-state index is 8.33. The van der Waals surface area contributed by atoms with Crippen LogP contribution in [0.3, 0.4) is 0 Å². The lowest BCUT2D eigenvalue weighted by Crippen LogP contribution is -2.03. The SMILES string of the molecule is N=c1cc(-c2cc3cccn3cn2)oc2ccc(OCCCCl)cc12. The summed E-state index contributed by atoms with van der Waals surface area (Å²) in [6.07, 6.45) is 4.46. The summed E-state index contributed by atoms with van der Waals surface area (Å²) in [5, 5.41) is 9.40. The molecule has 0 bridgehead atoms. The van der Waals surface area contributed by atoms with Crippen LogP contribution in [0.15, 0.2) is 59.4 Å². The molecule has 0 saturated heterocycles. The van der Waals surface area contributed by atoms with Crippen molar-refractivity contribution in [3.63, 3.8) is 0 Å². The predicted molar refractivity (Wildman–Crippen MR) is 97.1 cm³/mol. The molecule has 0 unspecified atom stereocenters. The summed E-state index contributed by atoms with van der Waals surface area (Å²) < 4.78 is 13.5. The summed E-state index contributed by atoms with van der Waals surface area (Å²) >= 11 is 5.66. The quantitative estimate of drug-likeness (QED) is 0.431. The molecular formula is C19H16ClN3O2. The molecule has 4 rings (SSSR count). The molecule has 4 aromatic rings. The largest absolute Gasteiger partial charge is 0.494 e. The first kappa shape index (κ1) is 15.7. The summed E-state index contributed by atoms with van der Waals surface area (Å²) in [7, 11) is 0. The van der Waals surface area contributed by atoms with E-state index in [2.05, 4.69) is 4.98 Å². The number of hydrogen-bond acceptors (Lipinski definition) is 4. The molecule has 1 aromatic carbocycles. The third-order valence-corrected chi connectivity index (χ3v) is 4.22. The second-order valence-corrected chi connectivity index (χ2v) is 6.07. The molecule has 0 amide bonds. The molecule has 3 aromatic heterocycles. The molecule has 5 nitrogen and oxygen atoms in total. The Bertz CT molecular complexity index is 1100. The van der Waals surface area contributed by atoms with Crippen LogP contribution < -0.4 is 10.1 Å². The minimum absolute atomic E-state index is 0.371. The highest BCUT2D eigenvalue weighted by molar-refractivity contribution is 6.17. The Morgan fingerprint density at radius 1 is 1.20 bits per heavy atom. The van der Waals surface area contributed by atoms with E-state index in [1.165, 1.54) is 0 Å². The molecule has 3 heterocycles. The molecule has 0 aliphatic rings. The van der Waals surface area contributed by atoms with Crippen molar-refractivity contribution in [2.45, 2.75) is 6.42 Å². The van der Waals surface area contributed by atoms with E-state index < -0.39 is 0 Å². The number of nitrogens with zero attached hydrogens (tertiary/aromatic N) is 2. The Balaban J connectivity index is 1.73. The van der Waals surface area contributed by atoms with Gasteiger partial charge in [-0.2, -0.15) is 0 Å². The van der Waals surface area contributed by atoms with Crippen LogP contribution in [-0.2, 0) is 0 Å². The van der Waals surface area contributed by atoms with Crippen molar-refractivity contribution in [1.29, 1.82) is 5.41 Å². The van der Waals surface area contributed by atoms with Crippen molar-refractivity contribution in [3.05, 3.63) is 60.3 Å². The van der Waals surface area contributed by atoms with Gasteiger partial charge in [0.1, 0.15) is 17.0 Å². The average molecular weight is 354 g/mol. The van der Waals surface area contributed by atoms with Crippen LogP contribution in [0, 0.1) is 5.41 Å². The summed E-state index contributed by atoms with van der Waals surface area (Å²) in [6.45, 7) is 0.554. The Labute approximate surface area is 149 Å².